The maximum Gasteiger partial charge on any atom is 0.223 e. The van der Waals surface area contributed by atoms with Gasteiger partial charge >= 0.3 is 0 Å². The molecule has 1 atom stereocenters. The second-order valence-electron chi connectivity index (χ2n) is 4.20. The molecule has 1 aliphatic heterocycles. The van der Waals surface area contributed by atoms with E-state index in [4.69, 9.17) is 5.73 Å². The lowest BCUT2D eigenvalue weighted by Gasteiger charge is -2.15. The topological polar surface area (TPSA) is 46.3 Å². The molecule has 1 fully saturated rings. The lowest BCUT2D eigenvalue weighted by atomic mass is 10.1. The van der Waals surface area contributed by atoms with Crippen LogP contribution in [-0.4, -0.2) is 35.3 Å². The molecule has 1 rings (SSSR count). The standard InChI is InChI=1S/C11H21BrN2O/c12-10-8-11(15)14(9-10)7-5-3-1-2-4-6-13/h10H,1-9,13H2. The molecule has 15 heavy (non-hydrogen) atoms. The first-order valence-corrected chi connectivity index (χ1v) is 6.77. The summed E-state index contributed by atoms with van der Waals surface area (Å²) >= 11 is 3.49. The van der Waals surface area contributed by atoms with Crippen LogP contribution in [0.25, 0.3) is 0 Å². The van der Waals surface area contributed by atoms with E-state index in [2.05, 4.69) is 15.9 Å². The van der Waals surface area contributed by atoms with Crippen LogP contribution < -0.4 is 5.73 Å². The molecule has 3 nitrogen and oxygen atoms in total. The van der Waals surface area contributed by atoms with Crippen LogP contribution in [0.4, 0.5) is 0 Å². The van der Waals surface area contributed by atoms with Gasteiger partial charge in [-0.3, -0.25) is 4.79 Å². The fourth-order valence-corrected chi connectivity index (χ4v) is 2.54. The number of hydrogen-bond donors (Lipinski definition) is 1. The number of likely N-dealkylation sites (tertiary alicyclic amines) is 1. The van der Waals surface area contributed by atoms with Gasteiger partial charge in [0.25, 0.3) is 0 Å². The number of unbranched alkanes of at least 4 members (excludes halogenated alkanes) is 4. The van der Waals surface area contributed by atoms with Crippen LogP contribution in [0, 0.1) is 0 Å². The number of alkyl halides is 1. The zero-order chi connectivity index (χ0) is 11.1. The fraction of sp³-hybridized carbons (Fsp3) is 0.909. The molecule has 0 aromatic carbocycles. The Hall–Kier alpha value is -0.0900. The smallest absolute Gasteiger partial charge is 0.223 e. The summed E-state index contributed by atoms with van der Waals surface area (Å²) in [5, 5.41) is 0. The molecular weight excluding hydrogens is 256 g/mol. The highest BCUT2D eigenvalue weighted by Crippen LogP contribution is 2.18. The molecule has 1 aliphatic rings. The number of nitrogens with two attached hydrogens (primary N) is 1. The van der Waals surface area contributed by atoms with Crippen molar-refractivity contribution in [2.45, 2.75) is 43.4 Å². The summed E-state index contributed by atoms with van der Waals surface area (Å²) < 4.78 is 0. The van der Waals surface area contributed by atoms with Gasteiger partial charge in [0.15, 0.2) is 0 Å². The molecule has 1 saturated heterocycles. The van der Waals surface area contributed by atoms with Gasteiger partial charge in [0.1, 0.15) is 0 Å². The second-order valence-corrected chi connectivity index (χ2v) is 5.49. The minimum absolute atomic E-state index is 0.304. The SMILES string of the molecule is NCCCCCCCN1CC(Br)CC1=O. The van der Waals surface area contributed by atoms with Crippen LogP contribution in [0.5, 0.6) is 0 Å². The first-order valence-electron chi connectivity index (χ1n) is 5.86. The molecule has 1 amide bonds. The molecule has 88 valence electrons. The van der Waals surface area contributed by atoms with Crippen molar-refractivity contribution in [3.8, 4) is 0 Å². The maximum atomic E-state index is 11.4. The van der Waals surface area contributed by atoms with Crippen molar-refractivity contribution in [3.05, 3.63) is 0 Å². The van der Waals surface area contributed by atoms with Crippen LogP contribution in [0.3, 0.4) is 0 Å². The second kappa shape index (κ2) is 7.23. The van der Waals surface area contributed by atoms with Crippen molar-refractivity contribution in [2.24, 2.45) is 5.73 Å². The van der Waals surface area contributed by atoms with Crippen LogP contribution in [-0.2, 0) is 4.79 Å². The van der Waals surface area contributed by atoms with Crippen molar-refractivity contribution < 1.29 is 4.79 Å². The Morgan fingerprint density at radius 1 is 1.27 bits per heavy atom. The third-order valence-corrected chi connectivity index (χ3v) is 3.41. The summed E-state index contributed by atoms with van der Waals surface area (Å²) in [6.07, 6.45) is 6.63. The molecule has 1 heterocycles. The molecule has 1 unspecified atom stereocenters. The average Bonchev–Trinajstić information content (AvgIpc) is 2.51. The highest BCUT2D eigenvalue weighted by molar-refractivity contribution is 9.09. The van der Waals surface area contributed by atoms with Crippen LogP contribution in [0.15, 0.2) is 0 Å². The van der Waals surface area contributed by atoms with Gasteiger partial charge in [-0.15, -0.1) is 0 Å². The normalized spacial score (nSPS) is 21.3. The minimum Gasteiger partial charge on any atom is -0.342 e. The van der Waals surface area contributed by atoms with Crippen molar-refractivity contribution in [2.75, 3.05) is 19.6 Å². The fourth-order valence-electron chi connectivity index (χ4n) is 1.92. The first-order chi connectivity index (χ1) is 7.24. The van der Waals surface area contributed by atoms with E-state index in [1.54, 1.807) is 0 Å². The van der Waals surface area contributed by atoms with Gasteiger partial charge in [-0.25, -0.2) is 0 Å². The summed E-state index contributed by atoms with van der Waals surface area (Å²) in [6.45, 7) is 2.63. The predicted octanol–water partition coefficient (Wildman–Crippen LogP) is 1.89. The molecule has 2 N–H and O–H groups in total. The Morgan fingerprint density at radius 3 is 2.53 bits per heavy atom. The molecule has 0 aromatic heterocycles. The van der Waals surface area contributed by atoms with E-state index < -0.39 is 0 Å². The number of halogens is 1. The Morgan fingerprint density at radius 2 is 1.93 bits per heavy atom. The molecule has 0 aromatic rings. The van der Waals surface area contributed by atoms with Crippen molar-refractivity contribution >= 4 is 21.8 Å². The summed E-state index contributed by atoms with van der Waals surface area (Å²) in [4.78, 5) is 13.8. The zero-order valence-corrected chi connectivity index (χ0v) is 10.8. The zero-order valence-electron chi connectivity index (χ0n) is 9.25. The first kappa shape index (κ1) is 13.0. The maximum absolute atomic E-state index is 11.4. The van der Waals surface area contributed by atoms with E-state index in [0.29, 0.717) is 17.2 Å². The highest BCUT2D eigenvalue weighted by Gasteiger charge is 2.26. The molecule has 0 saturated carbocycles. The van der Waals surface area contributed by atoms with Gasteiger partial charge in [0.2, 0.25) is 5.91 Å². The molecular formula is C11H21BrN2O. The van der Waals surface area contributed by atoms with E-state index in [0.717, 1.165) is 32.5 Å². The van der Waals surface area contributed by atoms with Gasteiger partial charge < -0.3 is 10.6 Å². The third kappa shape index (κ3) is 4.98. The van der Waals surface area contributed by atoms with E-state index in [-0.39, 0.29) is 0 Å². The number of nitrogens with zero attached hydrogens (tertiary/aromatic N) is 1. The minimum atomic E-state index is 0.304. The molecule has 4 heteroatoms. The van der Waals surface area contributed by atoms with Gasteiger partial charge in [-0.2, -0.15) is 0 Å². The largest absolute Gasteiger partial charge is 0.342 e. The number of hydrogen-bond acceptors (Lipinski definition) is 2. The quantitative estimate of drug-likeness (QED) is 0.570. The summed E-state index contributed by atoms with van der Waals surface area (Å²) in [5.41, 5.74) is 5.42. The van der Waals surface area contributed by atoms with Gasteiger partial charge in [-0.05, 0) is 19.4 Å². The molecule has 0 radical (unpaired) electrons. The Kier molecular flexibility index (Phi) is 6.25. The highest BCUT2D eigenvalue weighted by atomic mass is 79.9. The average molecular weight is 277 g/mol. The molecule has 0 bridgehead atoms. The number of carbonyl (C=O) groups excluding carboxylic acids is 1. The van der Waals surface area contributed by atoms with Crippen molar-refractivity contribution in [1.29, 1.82) is 0 Å². The van der Waals surface area contributed by atoms with Crippen LogP contribution in [0.2, 0.25) is 0 Å². The Bertz CT molecular complexity index is 199. The van der Waals surface area contributed by atoms with E-state index in [1.807, 2.05) is 4.90 Å². The van der Waals surface area contributed by atoms with Gasteiger partial charge in [0, 0.05) is 24.3 Å². The number of carbonyl (C=O) groups is 1. The molecule has 0 spiro atoms. The predicted molar refractivity (Wildman–Crippen MR) is 66.1 cm³/mol. The van der Waals surface area contributed by atoms with E-state index in [1.165, 1.54) is 19.3 Å². The lowest BCUT2D eigenvalue weighted by Crippen LogP contribution is -2.26. The summed E-state index contributed by atoms with van der Waals surface area (Å²) in [6, 6.07) is 0. The Labute approximate surface area is 101 Å². The number of rotatable bonds is 7. The lowest BCUT2D eigenvalue weighted by molar-refractivity contribution is -0.127. The summed E-state index contributed by atoms with van der Waals surface area (Å²) in [5.74, 6) is 0.304. The third-order valence-electron chi connectivity index (χ3n) is 2.80. The van der Waals surface area contributed by atoms with Gasteiger partial charge in [-0.1, -0.05) is 35.2 Å². The monoisotopic (exact) mass is 276 g/mol. The summed E-state index contributed by atoms with van der Waals surface area (Å²) in [7, 11) is 0. The van der Waals surface area contributed by atoms with E-state index >= 15 is 0 Å². The van der Waals surface area contributed by atoms with Crippen molar-refractivity contribution in [1.82, 2.24) is 4.90 Å². The van der Waals surface area contributed by atoms with Crippen LogP contribution >= 0.6 is 15.9 Å². The van der Waals surface area contributed by atoms with Gasteiger partial charge in [0.05, 0.1) is 0 Å². The van der Waals surface area contributed by atoms with Crippen LogP contribution in [0.1, 0.15) is 38.5 Å². The van der Waals surface area contributed by atoms with Crippen molar-refractivity contribution in [3.63, 3.8) is 0 Å². The Balaban J connectivity index is 1.98. The van der Waals surface area contributed by atoms with E-state index in [9.17, 15) is 4.79 Å². The molecule has 0 aliphatic carbocycles. The number of amides is 1.